The van der Waals surface area contributed by atoms with Crippen LogP contribution in [0, 0.1) is 0 Å². The Hall–Kier alpha value is -2.36. The van der Waals surface area contributed by atoms with Crippen LogP contribution >= 0.6 is 0 Å². The molecule has 0 amide bonds. The van der Waals surface area contributed by atoms with Crippen molar-refractivity contribution in [1.29, 1.82) is 0 Å². The summed E-state index contributed by atoms with van der Waals surface area (Å²) in [7, 11) is 0. The molecule has 0 radical (unpaired) electrons. The summed E-state index contributed by atoms with van der Waals surface area (Å²) in [6.45, 7) is 6.96. The van der Waals surface area contributed by atoms with Crippen molar-refractivity contribution in [1.82, 2.24) is 14.8 Å². The zero-order valence-electron chi connectivity index (χ0n) is 17.2. The fourth-order valence-corrected chi connectivity index (χ4v) is 4.83. The number of aromatic nitrogens is 1. The van der Waals surface area contributed by atoms with Crippen LogP contribution in [0.3, 0.4) is 0 Å². The van der Waals surface area contributed by atoms with Crippen molar-refractivity contribution in [3.63, 3.8) is 0 Å². The van der Waals surface area contributed by atoms with Gasteiger partial charge in [0, 0.05) is 43.3 Å². The Labute approximate surface area is 174 Å². The smallest absolute Gasteiger partial charge is 0.0457 e. The number of nitrogens with zero attached hydrogens (tertiary/aromatic N) is 2. The Morgan fingerprint density at radius 1 is 0.897 bits per heavy atom. The van der Waals surface area contributed by atoms with Gasteiger partial charge in [-0.2, -0.15) is 0 Å². The molecule has 0 saturated carbocycles. The van der Waals surface area contributed by atoms with E-state index < -0.39 is 0 Å². The van der Waals surface area contributed by atoms with Gasteiger partial charge < -0.3 is 9.88 Å². The van der Waals surface area contributed by atoms with E-state index in [0.717, 1.165) is 32.5 Å². The molecular formula is C26H31N3. The number of hydrogen-bond acceptors (Lipinski definition) is 2. The highest BCUT2D eigenvalue weighted by atomic mass is 15.1. The Morgan fingerprint density at radius 2 is 1.76 bits per heavy atom. The normalized spacial score (nSPS) is 18.4. The minimum atomic E-state index is 1.04. The van der Waals surface area contributed by atoms with Crippen molar-refractivity contribution >= 4 is 16.5 Å². The second kappa shape index (κ2) is 8.56. The van der Waals surface area contributed by atoms with Crippen molar-refractivity contribution in [2.75, 3.05) is 32.7 Å². The number of H-pyrrole nitrogens is 1. The van der Waals surface area contributed by atoms with Crippen LogP contribution in [0.1, 0.15) is 36.0 Å². The molecule has 0 aliphatic carbocycles. The van der Waals surface area contributed by atoms with Gasteiger partial charge in [-0.15, -0.1) is 0 Å². The molecule has 3 heterocycles. The minimum Gasteiger partial charge on any atom is -0.361 e. The van der Waals surface area contributed by atoms with E-state index in [1.165, 1.54) is 65.6 Å². The number of benzene rings is 2. The highest BCUT2D eigenvalue weighted by Crippen LogP contribution is 2.28. The van der Waals surface area contributed by atoms with Gasteiger partial charge in [-0.25, -0.2) is 0 Å². The lowest BCUT2D eigenvalue weighted by Crippen LogP contribution is -2.27. The molecule has 1 aromatic heterocycles. The maximum absolute atomic E-state index is 3.48. The van der Waals surface area contributed by atoms with Crippen molar-refractivity contribution in [2.45, 2.75) is 32.2 Å². The molecule has 3 nitrogen and oxygen atoms in total. The molecule has 0 bridgehead atoms. The summed E-state index contributed by atoms with van der Waals surface area (Å²) in [5.41, 5.74) is 7.05. The predicted molar refractivity (Wildman–Crippen MR) is 122 cm³/mol. The molecule has 29 heavy (non-hydrogen) atoms. The van der Waals surface area contributed by atoms with Gasteiger partial charge in [0.1, 0.15) is 0 Å². The average molecular weight is 386 g/mol. The van der Waals surface area contributed by atoms with Gasteiger partial charge in [0.05, 0.1) is 0 Å². The monoisotopic (exact) mass is 385 g/mol. The van der Waals surface area contributed by atoms with Gasteiger partial charge in [-0.3, -0.25) is 4.90 Å². The standard InChI is InChI=1S/C26H31N3/c1-2-6-21(7-3-1)20-29-16-10-22(11-17-29)23-8-9-26-25(18-23)24(19-27-26)12-15-28-13-4-5-14-28/h1-3,6-10,18-19,27H,4-5,11-17,20H2. The third-order valence-electron chi connectivity index (χ3n) is 6.58. The molecule has 1 fully saturated rings. The molecule has 150 valence electrons. The van der Waals surface area contributed by atoms with E-state index in [0.29, 0.717) is 0 Å². The first-order valence-corrected chi connectivity index (χ1v) is 11.1. The SMILES string of the molecule is C1=C(c2ccc3[nH]cc(CCN4CCCC4)c3c2)CCN(Cc2ccccc2)C1. The van der Waals surface area contributed by atoms with E-state index in [1.54, 1.807) is 0 Å². The lowest BCUT2D eigenvalue weighted by atomic mass is 9.97. The van der Waals surface area contributed by atoms with Crippen LogP contribution in [0.15, 0.2) is 60.8 Å². The summed E-state index contributed by atoms with van der Waals surface area (Å²) >= 11 is 0. The summed E-state index contributed by atoms with van der Waals surface area (Å²) in [6, 6.07) is 17.8. The summed E-state index contributed by atoms with van der Waals surface area (Å²) in [5, 5.41) is 1.41. The average Bonchev–Trinajstić information content (AvgIpc) is 3.43. The predicted octanol–water partition coefficient (Wildman–Crippen LogP) is 5.10. The first-order valence-electron chi connectivity index (χ1n) is 11.1. The largest absolute Gasteiger partial charge is 0.361 e. The van der Waals surface area contributed by atoms with Crippen molar-refractivity contribution in [2.24, 2.45) is 0 Å². The lowest BCUT2D eigenvalue weighted by molar-refractivity contribution is 0.294. The Balaban J connectivity index is 1.28. The molecule has 3 heteroatoms. The van der Waals surface area contributed by atoms with Crippen LogP contribution < -0.4 is 0 Å². The lowest BCUT2D eigenvalue weighted by Gasteiger charge is -2.26. The van der Waals surface area contributed by atoms with Crippen molar-refractivity contribution < 1.29 is 0 Å². The van der Waals surface area contributed by atoms with Gasteiger partial charge in [-0.1, -0.05) is 42.5 Å². The molecule has 2 aromatic carbocycles. The van der Waals surface area contributed by atoms with Crippen LogP contribution in [0.2, 0.25) is 0 Å². The number of rotatable bonds is 6. The number of aromatic amines is 1. The van der Waals surface area contributed by atoms with E-state index >= 15 is 0 Å². The van der Waals surface area contributed by atoms with Crippen LogP contribution in [0.25, 0.3) is 16.5 Å². The molecular weight excluding hydrogens is 354 g/mol. The van der Waals surface area contributed by atoms with Crippen LogP contribution in [0.5, 0.6) is 0 Å². The van der Waals surface area contributed by atoms with E-state index in [-0.39, 0.29) is 0 Å². The van der Waals surface area contributed by atoms with Crippen molar-refractivity contribution in [3.05, 3.63) is 77.5 Å². The van der Waals surface area contributed by atoms with Gasteiger partial charge in [0.2, 0.25) is 0 Å². The maximum Gasteiger partial charge on any atom is 0.0457 e. The summed E-state index contributed by atoms with van der Waals surface area (Å²) in [4.78, 5) is 8.62. The van der Waals surface area contributed by atoms with Gasteiger partial charge >= 0.3 is 0 Å². The Kier molecular flexibility index (Phi) is 5.51. The molecule has 1 N–H and O–H groups in total. The first kappa shape index (κ1) is 18.7. The van der Waals surface area contributed by atoms with Gasteiger partial charge in [-0.05, 0) is 73.2 Å². The minimum absolute atomic E-state index is 1.04. The fourth-order valence-electron chi connectivity index (χ4n) is 4.83. The summed E-state index contributed by atoms with van der Waals surface area (Å²) in [6.07, 6.45) is 9.67. The maximum atomic E-state index is 3.48. The zero-order valence-corrected chi connectivity index (χ0v) is 17.2. The van der Waals surface area contributed by atoms with Gasteiger partial charge in [0.15, 0.2) is 0 Å². The number of nitrogens with one attached hydrogen (secondary N) is 1. The van der Waals surface area contributed by atoms with Gasteiger partial charge in [0.25, 0.3) is 0 Å². The Bertz CT molecular complexity index is 980. The molecule has 2 aliphatic heterocycles. The molecule has 0 spiro atoms. The molecule has 3 aromatic rings. The second-order valence-corrected chi connectivity index (χ2v) is 8.57. The second-order valence-electron chi connectivity index (χ2n) is 8.57. The van der Waals surface area contributed by atoms with Crippen LogP contribution in [-0.4, -0.2) is 47.5 Å². The van der Waals surface area contributed by atoms with E-state index in [2.05, 4.69) is 75.6 Å². The van der Waals surface area contributed by atoms with Crippen LogP contribution in [0.4, 0.5) is 0 Å². The number of likely N-dealkylation sites (tertiary alicyclic amines) is 1. The third-order valence-corrected chi connectivity index (χ3v) is 6.58. The third kappa shape index (κ3) is 4.31. The molecule has 0 atom stereocenters. The summed E-state index contributed by atoms with van der Waals surface area (Å²) in [5.74, 6) is 0. The van der Waals surface area contributed by atoms with Crippen LogP contribution in [-0.2, 0) is 13.0 Å². The first-order chi connectivity index (χ1) is 14.3. The zero-order chi connectivity index (χ0) is 19.5. The van der Waals surface area contributed by atoms with Crippen molar-refractivity contribution in [3.8, 4) is 0 Å². The fraction of sp³-hybridized carbons (Fsp3) is 0.385. The highest BCUT2D eigenvalue weighted by Gasteiger charge is 2.15. The molecule has 2 aliphatic rings. The Morgan fingerprint density at radius 3 is 2.55 bits per heavy atom. The molecule has 5 rings (SSSR count). The highest BCUT2D eigenvalue weighted by molar-refractivity contribution is 5.87. The molecule has 0 unspecified atom stereocenters. The van der Waals surface area contributed by atoms with E-state index in [1.807, 2.05) is 0 Å². The van der Waals surface area contributed by atoms with E-state index in [4.69, 9.17) is 0 Å². The quantitative estimate of drug-likeness (QED) is 0.638. The number of fused-ring (bicyclic) bond motifs is 1. The topological polar surface area (TPSA) is 22.3 Å². The van der Waals surface area contributed by atoms with E-state index in [9.17, 15) is 0 Å². The summed E-state index contributed by atoms with van der Waals surface area (Å²) < 4.78 is 0. The molecule has 1 saturated heterocycles. The number of hydrogen-bond donors (Lipinski definition) is 1.